The number of aliphatic hydroxyl groups excluding tert-OH is 1. The lowest BCUT2D eigenvalue weighted by Crippen LogP contribution is -2.35. The van der Waals surface area contributed by atoms with Crippen LogP contribution in [0.1, 0.15) is 46.8 Å². The van der Waals surface area contributed by atoms with E-state index in [-0.39, 0.29) is 12.5 Å². The second kappa shape index (κ2) is 7.29. The summed E-state index contributed by atoms with van der Waals surface area (Å²) in [5.41, 5.74) is 3.99. The van der Waals surface area contributed by atoms with E-state index in [2.05, 4.69) is 6.92 Å². The SMILES string of the molecule is CCCCN(CCO)C(=O)c1c(C)cc(C)cc1C. The molecule has 1 amide bonds. The van der Waals surface area contributed by atoms with E-state index in [0.29, 0.717) is 13.1 Å². The number of hydrogen-bond acceptors (Lipinski definition) is 2. The predicted molar refractivity (Wildman–Crippen MR) is 78.6 cm³/mol. The number of amides is 1. The highest BCUT2D eigenvalue weighted by atomic mass is 16.3. The van der Waals surface area contributed by atoms with Gasteiger partial charge >= 0.3 is 0 Å². The summed E-state index contributed by atoms with van der Waals surface area (Å²) in [6.07, 6.45) is 2.01. The van der Waals surface area contributed by atoms with Crippen LogP contribution in [-0.4, -0.2) is 35.6 Å². The van der Waals surface area contributed by atoms with Gasteiger partial charge in [0.25, 0.3) is 5.91 Å². The van der Waals surface area contributed by atoms with Crippen molar-refractivity contribution in [3.63, 3.8) is 0 Å². The molecule has 1 rings (SSSR count). The molecule has 1 aromatic rings. The van der Waals surface area contributed by atoms with Gasteiger partial charge in [-0.1, -0.05) is 31.0 Å². The molecule has 0 aliphatic carbocycles. The van der Waals surface area contributed by atoms with Gasteiger partial charge in [0.2, 0.25) is 0 Å². The van der Waals surface area contributed by atoms with Crippen LogP contribution in [0.3, 0.4) is 0 Å². The van der Waals surface area contributed by atoms with Crippen molar-refractivity contribution >= 4 is 5.91 Å². The van der Waals surface area contributed by atoms with Crippen LogP contribution in [0.25, 0.3) is 0 Å². The number of carbonyl (C=O) groups excluding carboxylic acids is 1. The number of nitrogens with zero attached hydrogens (tertiary/aromatic N) is 1. The number of carbonyl (C=O) groups is 1. The summed E-state index contributed by atoms with van der Waals surface area (Å²) < 4.78 is 0. The number of hydrogen-bond donors (Lipinski definition) is 1. The zero-order valence-electron chi connectivity index (χ0n) is 12.5. The second-order valence-corrected chi connectivity index (χ2v) is 5.14. The molecule has 0 aliphatic rings. The fraction of sp³-hybridized carbons (Fsp3) is 0.562. The Kier molecular flexibility index (Phi) is 6.03. The van der Waals surface area contributed by atoms with Crippen LogP contribution < -0.4 is 0 Å². The summed E-state index contributed by atoms with van der Waals surface area (Å²) in [4.78, 5) is 14.4. The Morgan fingerprint density at radius 2 is 1.74 bits per heavy atom. The maximum absolute atomic E-state index is 12.6. The molecule has 3 nitrogen and oxygen atoms in total. The highest BCUT2D eigenvalue weighted by Gasteiger charge is 2.19. The Morgan fingerprint density at radius 3 is 2.21 bits per heavy atom. The maximum Gasteiger partial charge on any atom is 0.254 e. The van der Waals surface area contributed by atoms with E-state index in [1.54, 1.807) is 4.90 Å². The maximum atomic E-state index is 12.6. The second-order valence-electron chi connectivity index (χ2n) is 5.14. The summed E-state index contributed by atoms with van der Waals surface area (Å²) in [6.45, 7) is 9.23. The monoisotopic (exact) mass is 263 g/mol. The van der Waals surface area contributed by atoms with Gasteiger partial charge in [-0.15, -0.1) is 0 Å². The standard InChI is InChI=1S/C16H25NO2/c1-5-6-7-17(8-9-18)16(19)15-13(3)10-12(2)11-14(15)4/h10-11,18H,5-9H2,1-4H3. The third kappa shape index (κ3) is 4.06. The van der Waals surface area contributed by atoms with Crippen LogP contribution in [0.2, 0.25) is 0 Å². The van der Waals surface area contributed by atoms with E-state index in [1.807, 2.05) is 32.9 Å². The van der Waals surface area contributed by atoms with E-state index < -0.39 is 0 Å². The molecule has 0 bridgehead atoms. The van der Waals surface area contributed by atoms with Gasteiger partial charge in [-0.3, -0.25) is 4.79 Å². The topological polar surface area (TPSA) is 40.5 Å². The lowest BCUT2D eigenvalue weighted by atomic mass is 9.98. The van der Waals surface area contributed by atoms with Crippen molar-refractivity contribution in [1.82, 2.24) is 4.90 Å². The van der Waals surface area contributed by atoms with Gasteiger partial charge in [-0.25, -0.2) is 0 Å². The van der Waals surface area contributed by atoms with Gasteiger partial charge in [0.1, 0.15) is 0 Å². The molecule has 0 aromatic heterocycles. The quantitative estimate of drug-likeness (QED) is 0.857. The molecule has 106 valence electrons. The van der Waals surface area contributed by atoms with Crippen molar-refractivity contribution in [2.75, 3.05) is 19.7 Å². The molecule has 0 spiro atoms. The number of benzene rings is 1. The lowest BCUT2D eigenvalue weighted by molar-refractivity contribution is 0.0718. The van der Waals surface area contributed by atoms with Crippen LogP contribution >= 0.6 is 0 Å². The molecule has 0 saturated heterocycles. The van der Waals surface area contributed by atoms with Crippen molar-refractivity contribution in [2.24, 2.45) is 0 Å². The average Bonchev–Trinajstić information content (AvgIpc) is 2.33. The van der Waals surface area contributed by atoms with E-state index in [4.69, 9.17) is 5.11 Å². The Hall–Kier alpha value is -1.35. The van der Waals surface area contributed by atoms with Gasteiger partial charge in [0, 0.05) is 18.7 Å². The first-order valence-corrected chi connectivity index (χ1v) is 6.99. The minimum Gasteiger partial charge on any atom is -0.395 e. The first-order valence-electron chi connectivity index (χ1n) is 6.99. The highest BCUT2D eigenvalue weighted by molar-refractivity contribution is 5.97. The fourth-order valence-electron chi connectivity index (χ4n) is 2.46. The van der Waals surface area contributed by atoms with Crippen LogP contribution in [-0.2, 0) is 0 Å². The molecule has 0 radical (unpaired) electrons. The lowest BCUT2D eigenvalue weighted by Gasteiger charge is -2.23. The van der Waals surface area contributed by atoms with E-state index >= 15 is 0 Å². The first kappa shape index (κ1) is 15.7. The summed E-state index contributed by atoms with van der Waals surface area (Å²) >= 11 is 0. The van der Waals surface area contributed by atoms with E-state index in [1.165, 1.54) is 5.56 Å². The molecule has 0 atom stereocenters. The van der Waals surface area contributed by atoms with Crippen molar-refractivity contribution < 1.29 is 9.90 Å². The number of rotatable bonds is 6. The van der Waals surface area contributed by atoms with Gasteiger partial charge in [-0.2, -0.15) is 0 Å². The molecule has 0 saturated carbocycles. The zero-order chi connectivity index (χ0) is 14.4. The van der Waals surface area contributed by atoms with Crippen molar-refractivity contribution in [3.05, 3.63) is 34.4 Å². The molecule has 1 aromatic carbocycles. The zero-order valence-corrected chi connectivity index (χ0v) is 12.5. The van der Waals surface area contributed by atoms with Crippen LogP contribution in [0, 0.1) is 20.8 Å². The van der Waals surface area contributed by atoms with Crippen molar-refractivity contribution in [2.45, 2.75) is 40.5 Å². The predicted octanol–water partition coefficient (Wildman–Crippen LogP) is 2.85. The Bertz CT molecular complexity index is 417. The summed E-state index contributed by atoms with van der Waals surface area (Å²) in [7, 11) is 0. The summed E-state index contributed by atoms with van der Waals surface area (Å²) in [5.74, 6) is 0.0394. The normalized spacial score (nSPS) is 10.6. The molecule has 0 heterocycles. The highest BCUT2D eigenvalue weighted by Crippen LogP contribution is 2.18. The van der Waals surface area contributed by atoms with Crippen LogP contribution in [0.15, 0.2) is 12.1 Å². The molecular formula is C16H25NO2. The molecular weight excluding hydrogens is 238 g/mol. The van der Waals surface area contributed by atoms with Gasteiger partial charge in [0.05, 0.1) is 6.61 Å². The van der Waals surface area contributed by atoms with Gasteiger partial charge in [0.15, 0.2) is 0 Å². The molecule has 0 unspecified atom stereocenters. The molecule has 19 heavy (non-hydrogen) atoms. The number of aliphatic hydroxyl groups is 1. The molecule has 0 fully saturated rings. The smallest absolute Gasteiger partial charge is 0.254 e. The minimum atomic E-state index is 0.0133. The van der Waals surface area contributed by atoms with Gasteiger partial charge < -0.3 is 10.0 Å². The van der Waals surface area contributed by atoms with Crippen LogP contribution in [0.5, 0.6) is 0 Å². The van der Waals surface area contributed by atoms with Crippen molar-refractivity contribution in [3.8, 4) is 0 Å². The number of aryl methyl sites for hydroxylation is 3. The first-order chi connectivity index (χ1) is 9.01. The largest absolute Gasteiger partial charge is 0.395 e. The summed E-state index contributed by atoms with van der Waals surface area (Å²) in [5, 5.41) is 9.12. The average molecular weight is 263 g/mol. The molecule has 3 heteroatoms. The van der Waals surface area contributed by atoms with Crippen molar-refractivity contribution in [1.29, 1.82) is 0 Å². The Balaban J connectivity index is 3.02. The van der Waals surface area contributed by atoms with Crippen LogP contribution in [0.4, 0.5) is 0 Å². The summed E-state index contributed by atoms with van der Waals surface area (Å²) in [6, 6.07) is 4.08. The Morgan fingerprint density at radius 1 is 1.16 bits per heavy atom. The third-order valence-electron chi connectivity index (χ3n) is 3.33. The minimum absolute atomic E-state index is 0.0133. The van der Waals surface area contributed by atoms with E-state index in [0.717, 1.165) is 29.5 Å². The fourth-order valence-corrected chi connectivity index (χ4v) is 2.46. The van der Waals surface area contributed by atoms with Gasteiger partial charge in [-0.05, 0) is 38.3 Å². The molecule has 1 N–H and O–H groups in total. The number of unbranched alkanes of at least 4 members (excludes halogenated alkanes) is 1. The van der Waals surface area contributed by atoms with E-state index in [9.17, 15) is 4.79 Å². The Labute approximate surface area is 116 Å². The molecule has 0 aliphatic heterocycles. The third-order valence-corrected chi connectivity index (χ3v) is 3.33.